The first-order valence-corrected chi connectivity index (χ1v) is 9.75. The Kier molecular flexibility index (Phi) is 5.22. The van der Waals surface area contributed by atoms with Crippen molar-refractivity contribution in [3.8, 4) is 11.5 Å². The first kappa shape index (κ1) is 16.6. The summed E-state index contributed by atoms with van der Waals surface area (Å²) < 4.78 is 11.9. The summed E-state index contributed by atoms with van der Waals surface area (Å²) in [4.78, 5) is 0. The lowest BCUT2D eigenvalue weighted by Gasteiger charge is -2.36. The Labute approximate surface area is 122 Å². The molecule has 5 heteroatoms. The summed E-state index contributed by atoms with van der Waals surface area (Å²) >= 11 is 0. The van der Waals surface area contributed by atoms with Gasteiger partial charge in [-0.05, 0) is 48.8 Å². The number of hydrogen-bond donors (Lipinski definition) is 1. The second-order valence-electron chi connectivity index (χ2n) is 6.25. The van der Waals surface area contributed by atoms with Gasteiger partial charge < -0.3 is 14.4 Å². The first-order valence-electron chi connectivity index (χ1n) is 6.84. The molecular formula is C15H25NO3Si. The summed E-state index contributed by atoms with van der Waals surface area (Å²) in [5.74, 6) is 1.45. The van der Waals surface area contributed by atoms with Crippen LogP contribution in [-0.4, -0.2) is 26.3 Å². The molecule has 0 amide bonds. The Morgan fingerprint density at radius 2 is 1.90 bits per heavy atom. The molecule has 0 radical (unpaired) electrons. The molecule has 0 unspecified atom stereocenters. The van der Waals surface area contributed by atoms with Gasteiger partial charge in [0.1, 0.15) is 5.75 Å². The van der Waals surface area contributed by atoms with Crippen LogP contribution in [0.1, 0.15) is 33.3 Å². The van der Waals surface area contributed by atoms with Crippen LogP contribution in [0.4, 0.5) is 0 Å². The van der Waals surface area contributed by atoms with Gasteiger partial charge in [0, 0.05) is 0 Å². The predicted molar refractivity (Wildman–Crippen MR) is 84.8 cm³/mol. The van der Waals surface area contributed by atoms with E-state index in [1.54, 1.807) is 0 Å². The van der Waals surface area contributed by atoms with Crippen molar-refractivity contribution >= 4 is 14.5 Å². The fourth-order valence-electron chi connectivity index (χ4n) is 1.45. The summed E-state index contributed by atoms with van der Waals surface area (Å²) in [5.41, 5.74) is 0.776. The molecular weight excluding hydrogens is 270 g/mol. The number of rotatable bonds is 5. The standard InChI is InChI=1S/C15H25NO3Si/c1-7-18-14-10-12(11-16-17)8-9-13(14)19-20(5,6)15(2,3)4/h8-11,17H,7H2,1-6H3/b16-11+. The summed E-state index contributed by atoms with van der Waals surface area (Å²) in [5, 5.41) is 11.8. The van der Waals surface area contributed by atoms with Crippen molar-refractivity contribution in [2.24, 2.45) is 5.16 Å². The largest absolute Gasteiger partial charge is 0.541 e. The van der Waals surface area contributed by atoms with Crippen LogP contribution in [0.3, 0.4) is 0 Å². The van der Waals surface area contributed by atoms with E-state index < -0.39 is 8.32 Å². The Bertz CT molecular complexity index is 478. The van der Waals surface area contributed by atoms with Crippen LogP contribution in [0.15, 0.2) is 23.4 Å². The summed E-state index contributed by atoms with van der Waals surface area (Å²) in [6.45, 7) is 13.5. The summed E-state index contributed by atoms with van der Waals surface area (Å²) in [7, 11) is -1.91. The van der Waals surface area contributed by atoms with Crippen molar-refractivity contribution in [3.05, 3.63) is 23.8 Å². The second-order valence-corrected chi connectivity index (χ2v) is 11.0. The number of hydrogen-bond acceptors (Lipinski definition) is 4. The molecule has 0 spiro atoms. The smallest absolute Gasteiger partial charge is 0.250 e. The van der Waals surface area contributed by atoms with Crippen molar-refractivity contribution in [1.29, 1.82) is 0 Å². The average Bonchev–Trinajstić information content (AvgIpc) is 2.31. The zero-order chi connectivity index (χ0) is 15.4. The Morgan fingerprint density at radius 3 is 2.40 bits per heavy atom. The van der Waals surface area contributed by atoms with Crippen LogP contribution in [0.25, 0.3) is 0 Å². The van der Waals surface area contributed by atoms with E-state index in [9.17, 15) is 0 Å². The lowest BCUT2D eigenvalue weighted by atomic mass is 10.2. The van der Waals surface area contributed by atoms with Crippen molar-refractivity contribution in [2.45, 2.75) is 45.8 Å². The lowest BCUT2D eigenvalue weighted by Crippen LogP contribution is -2.43. The molecule has 0 saturated carbocycles. The van der Waals surface area contributed by atoms with E-state index >= 15 is 0 Å². The first-order chi connectivity index (χ1) is 9.21. The molecule has 0 heterocycles. The van der Waals surface area contributed by atoms with Gasteiger partial charge in [0.25, 0.3) is 8.32 Å². The van der Waals surface area contributed by atoms with Gasteiger partial charge in [0.05, 0.1) is 12.8 Å². The minimum atomic E-state index is -1.91. The van der Waals surface area contributed by atoms with Gasteiger partial charge in [-0.15, -0.1) is 0 Å². The van der Waals surface area contributed by atoms with Crippen molar-refractivity contribution in [3.63, 3.8) is 0 Å². The van der Waals surface area contributed by atoms with Gasteiger partial charge in [-0.25, -0.2) is 0 Å². The zero-order valence-electron chi connectivity index (χ0n) is 13.2. The molecule has 0 aromatic heterocycles. The molecule has 0 fully saturated rings. The van der Waals surface area contributed by atoms with Crippen molar-refractivity contribution < 1.29 is 14.4 Å². The molecule has 1 N–H and O–H groups in total. The van der Waals surface area contributed by atoms with E-state index in [0.29, 0.717) is 12.4 Å². The van der Waals surface area contributed by atoms with Crippen molar-refractivity contribution in [2.75, 3.05) is 6.61 Å². The van der Waals surface area contributed by atoms with E-state index in [-0.39, 0.29) is 5.04 Å². The molecule has 1 rings (SSSR count). The quantitative estimate of drug-likeness (QED) is 0.382. The number of benzene rings is 1. The molecule has 1 aromatic carbocycles. The minimum absolute atomic E-state index is 0.127. The monoisotopic (exact) mass is 295 g/mol. The van der Waals surface area contributed by atoms with E-state index in [2.05, 4.69) is 39.0 Å². The van der Waals surface area contributed by atoms with Gasteiger partial charge >= 0.3 is 0 Å². The lowest BCUT2D eigenvalue weighted by molar-refractivity contribution is 0.321. The average molecular weight is 295 g/mol. The van der Waals surface area contributed by atoms with Gasteiger partial charge in [-0.3, -0.25) is 0 Å². The molecule has 0 aliphatic rings. The summed E-state index contributed by atoms with van der Waals surface area (Å²) in [6, 6.07) is 5.55. The maximum atomic E-state index is 8.61. The third-order valence-electron chi connectivity index (χ3n) is 3.65. The highest BCUT2D eigenvalue weighted by atomic mass is 28.4. The zero-order valence-corrected chi connectivity index (χ0v) is 14.2. The Hall–Kier alpha value is -1.49. The molecule has 4 nitrogen and oxygen atoms in total. The second kappa shape index (κ2) is 6.30. The van der Waals surface area contributed by atoms with E-state index in [1.165, 1.54) is 6.21 Å². The van der Waals surface area contributed by atoms with Gasteiger partial charge in [-0.2, -0.15) is 0 Å². The van der Waals surface area contributed by atoms with Crippen molar-refractivity contribution in [1.82, 2.24) is 0 Å². The predicted octanol–water partition coefficient (Wildman–Crippen LogP) is 4.28. The Balaban J connectivity index is 3.11. The molecule has 0 atom stereocenters. The van der Waals surface area contributed by atoms with Crippen LogP contribution >= 0.6 is 0 Å². The molecule has 1 aromatic rings. The highest BCUT2D eigenvalue weighted by molar-refractivity contribution is 6.74. The van der Waals surface area contributed by atoms with Crippen LogP contribution in [0.5, 0.6) is 11.5 Å². The molecule has 20 heavy (non-hydrogen) atoms. The normalized spacial score (nSPS) is 12.7. The molecule has 112 valence electrons. The van der Waals surface area contributed by atoms with E-state index in [1.807, 2.05) is 25.1 Å². The maximum absolute atomic E-state index is 8.61. The van der Waals surface area contributed by atoms with Crippen LogP contribution in [-0.2, 0) is 0 Å². The fraction of sp³-hybridized carbons (Fsp3) is 0.533. The molecule has 0 aliphatic carbocycles. The summed E-state index contributed by atoms with van der Waals surface area (Å²) in [6.07, 6.45) is 1.37. The topological polar surface area (TPSA) is 51.0 Å². The fourth-order valence-corrected chi connectivity index (χ4v) is 2.48. The number of nitrogens with zero attached hydrogens (tertiary/aromatic N) is 1. The van der Waals surface area contributed by atoms with Crippen LogP contribution < -0.4 is 9.16 Å². The molecule has 0 aliphatic heterocycles. The van der Waals surface area contributed by atoms with E-state index in [0.717, 1.165) is 11.3 Å². The highest BCUT2D eigenvalue weighted by Gasteiger charge is 2.39. The van der Waals surface area contributed by atoms with Gasteiger partial charge in [0.2, 0.25) is 0 Å². The SMILES string of the molecule is CCOc1cc(/C=N/O)ccc1O[Si](C)(C)C(C)(C)C. The number of ether oxygens (including phenoxy) is 1. The Morgan fingerprint density at radius 1 is 1.25 bits per heavy atom. The minimum Gasteiger partial charge on any atom is -0.541 e. The van der Waals surface area contributed by atoms with Crippen LogP contribution in [0.2, 0.25) is 18.1 Å². The number of oxime groups is 1. The maximum Gasteiger partial charge on any atom is 0.250 e. The molecule has 0 saturated heterocycles. The molecule has 0 bridgehead atoms. The van der Waals surface area contributed by atoms with Gasteiger partial charge in [-0.1, -0.05) is 25.9 Å². The van der Waals surface area contributed by atoms with E-state index in [4.69, 9.17) is 14.4 Å². The highest BCUT2D eigenvalue weighted by Crippen LogP contribution is 2.40. The van der Waals surface area contributed by atoms with Gasteiger partial charge in [0.15, 0.2) is 5.75 Å². The third-order valence-corrected chi connectivity index (χ3v) is 7.99. The third kappa shape index (κ3) is 4.00. The van der Waals surface area contributed by atoms with Crippen LogP contribution in [0, 0.1) is 0 Å².